The van der Waals surface area contributed by atoms with Crippen LogP contribution in [0.1, 0.15) is 28.9 Å². The zero-order valence-electron chi connectivity index (χ0n) is 13.8. The van der Waals surface area contributed by atoms with E-state index < -0.39 is 18.5 Å². The van der Waals surface area contributed by atoms with Gasteiger partial charge >= 0.3 is 5.97 Å². The molecule has 0 heterocycles. The lowest BCUT2D eigenvalue weighted by atomic mass is 10.1. The van der Waals surface area contributed by atoms with Gasteiger partial charge in [-0.3, -0.25) is 4.79 Å². The standard InChI is InChI=1S/C18H18FNO5/c1-11(12-3-5-13(19)6-4-12)20-17(22)10-25-18(23)15-9-14(24-2)7-8-16(15)21/h3-9,11,21H,10H2,1-2H3,(H,20,22)/t11-/m1/s1. The third kappa shape index (κ3) is 4.94. The number of methoxy groups -OCH3 is 1. The van der Waals surface area contributed by atoms with Crippen LogP contribution in [0.2, 0.25) is 0 Å². The van der Waals surface area contributed by atoms with Gasteiger partial charge in [-0.2, -0.15) is 0 Å². The topological polar surface area (TPSA) is 84.9 Å². The number of aromatic hydroxyl groups is 1. The number of phenols is 1. The molecule has 0 bridgehead atoms. The number of hydrogen-bond acceptors (Lipinski definition) is 5. The van der Waals surface area contributed by atoms with Crippen LogP contribution in [0.15, 0.2) is 42.5 Å². The summed E-state index contributed by atoms with van der Waals surface area (Å²) in [4.78, 5) is 23.9. The lowest BCUT2D eigenvalue weighted by Crippen LogP contribution is -2.31. The van der Waals surface area contributed by atoms with Crippen LogP contribution in [0.25, 0.3) is 0 Å². The molecular formula is C18H18FNO5. The summed E-state index contributed by atoms with van der Waals surface area (Å²) in [6.45, 7) is 1.21. The minimum Gasteiger partial charge on any atom is -0.507 e. The van der Waals surface area contributed by atoms with E-state index in [9.17, 15) is 19.1 Å². The minimum absolute atomic E-state index is 0.0984. The van der Waals surface area contributed by atoms with Crippen molar-refractivity contribution in [2.75, 3.05) is 13.7 Å². The van der Waals surface area contributed by atoms with Crippen molar-refractivity contribution in [1.82, 2.24) is 5.32 Å². The van der Waals surface area contributed by atoms with Crippen LogP contribution >= 0.6 is 0 Å². The predicted octanol–water partition coefficient (Wildman–Crippen LogP) is 2.57. The molecule has 0 aromatic heterocycles. The molecule has 6 nitrogen and oxygen atoms in total. The maximum absolute atomic E-state index is 12.9. The first-order valence-electron chi connectivity index (χ1n) is 7.49. The van der Waals surface area contributed by atoms with Gasteiger partial charge in [0.2, 0.25) is 0 Å². The molecule has 1 atom stereocenters. The van der Waals surface area contributed by atoms with Crippen molar-refractivity contribution in [3.05, 3.63) is 59.4 Å². The molecule has 0 radical (unpaired) electrons. The fraction of sp³-hybridized carbons (Fsp3) is 0.222. The van der Waals surface area contributed by atoms with Gasteiger partial charge in [0, 0.05) is 0 Å². The Morgan fingerprint density at radius 2 is 1.88 bits per heavy atom. The second kappa shape index (κ2) is 8.14. The molecule has 2 aromatic rings. The average molecular weight is 347 g/mol. The second-order valence-corrected chi connectivity index (χ2v) is 5.30. The fourth-order valence-corrected chi connectivity index (χ4v) is 2.13. The average Bonchev–Trinajstić information content (AvgIpc) is 2.60. The Morgan fingerprint density at radius 3 is 2.52 bits per heavy atom. The summed E-state index contributed by atoms with van der Waals surface area (Å²) in [6, 6.07) is 9.43. The van der Waals surface area contributed by atoms with Gasteiger partial charge in [-0.25, -0.2) is 9.18 Å². The van der Waals surface area contributed by atoms with Crippen LogP contribution in [0.4, 0.5) is 4.39 Å². The van der Waals surface area contributed by atoms with Crippen molar-refractivity contribution in [3.8, 4) is 11.5 Å². The molecule has 2 rings (SSSR count). The smallest absolute Gasteiger partial charge is 0.342 e. The minimum atomic E-state index is -0.846. The Kier molecular flexibility index (Phi) is 5.94. The van der Waals surface area contributed by atoms with E-state index in [-0.39, 0.29) is 23.2 Å². The number of hydrogen-bond donors (Lipinski definition) is 2. The molecule has 0 saturated carbocycles. The Balaban J connectivity index is 1.91. The Hall–Kier alpha value is -3.09. The number of esters is 1. The lowest BCUT2D eigenvalue weighted by molar-refractivity contribution is -0.124. The number of ether oxygens (including phenoxy) is 2. The van der Waals surface area contributed by atoms with Crippen LogP contribution < -0.4 is 10.1 Å². The van der Waals surface area contributed by atoms with Gasteiger partial charge in [-0.1, -0.05) is 12.1 Å². The van der Waals surface area contributed by atoms with Gasteiger partial charge < -0.3 is 19.9 Å². The normalized spacial score (nSPS) is 11.5. The summed E-state index contributed by atoms with van der Waals surface area (Å²) in [5, 5.41) is 12.3. The molecule has 1 amide bonds. The largest absolute Gasteiger partial charge is 0.507 e. The zero-order chi connectivity index (χ0) is 18.4. The van der Waals surface area contributed by atoms with Crippen molar-refractivity contribution in [2.45, 2.75) is 13.0 Å². The first-order chi connectivity index (χ1) is 11.9. The molecule has 25 heavy (non-hydrogen) atoms. The van der Waals surface area contributed by atoms with Crippen LogP contribution in [0.5, 0.6) is 11.5 Å². The van der Waals surface area contributed by atoms with Crippen molar-refractivity contribution in [2.24, 2.45) is 0 Å². The second-order valence-electron chi connectivity index (χ2n) is 5.30. The quantitative estimate of drug-likeness (QED) is 0.785. The number of carbonyl (C=O) groups is 2. The maximum Gasteiger partial charge on any atom is 0.342 e. The molecule has 0 aliphatic rings. The molecule has 2 N–H and O–H groups in total. The van der Waals surface area contributed by atoms with Gasteiger partial charge in [-0.15, -0.1) is 0 Å². The third-order valence-corrected chi connectivity index (χ3v) is 3.51. The summed E-state index contributed by atoms with van der Waals surface area (Å²) in [5.41, 5.74) is 0.616. The summed E-state index contributed by atoms with van der Waals surface area (Å²) in [5.74, 6) is -1.63. The van der Waals surface area contributed by atoms with Gasteiger partial charge in [0.15, 0.2) is 6.61 Å². The van der Waals surface area contributed by atoms with Crippen molar-refractivity contribution in [3.63, 3.8) is 0 Å². The van der Waals surface area contributed by atoms with Gasteiger partial charge in [0.05, 0.1) is 13.2 Å². The van der Waals surface area contributed by atoms with Gasteiger partial charge in [-0.05, 0) is 42.8 Å². The Labute approximate surface area is 144 Å². The highest BCUT2D eigenvalue weighted by Gasteiger charge is 2.16. The molecular weight excluding hydrogens is 329 g/mol. The number of amides is 1. The van der Waals surface area contributed by atoms with Crippen LogP contribution in [0.3, 0.4) is 0 Å². The first kappa shape index (κ1) is 18.3. The summed E-state index contributed by atoms with van der Waals surface area (Å²) < 4.78 is 22.8. The maximum atomic E-state index is 12.9. The number of phenolic OH excluding ortho intramolecular Hbond substituents is 1. The van der Waals surface area contributed by atoms with Crippen molar-refractivity contribution in [1.29, 1.82) is 0 Å². The van der Waals surface area contributed by atoms with E-state index >= 15 is 0 Å². The van der Waals surface area contributed by atoms with Gasteiger partial charge in [0.25, 0.3) is 5.91 Å². The SMILES string of the molecule is COc1ccc(O)c(C(=O)OCC(=O)N[C@H](C)c2ccc(F)cc2)c1. The van der Waals surface area contributed by atoms with E-state index in [4.69, 9.17) is 9.47 Å². The Morgan fingerprint density at radius 1 is 1.20 bits per heavy atom. The molecule has 0 aliphatic carbocycles. The van der Waals surface area contributed by atoms with Crippen LogP contribution in [0, 0.1) is 5.82 Å². The van der Waals surface area contributed by atoms with Crippen LogP contribution in [-0.4, -0.2) is 30.7 Å². The van der Waals surface area contributed by atoms with Crippen molar-refractivity contribution < 1.29 is 28.6 Å². The van der Waals surface area contributed by atoms with E-state index in [1.54, 1.807) is 19.1 Å². The highest BCUT2D eigenvalue weighted by molar-refractivity contribution is 5.94. The van der Waals surface area contributed by atoms with E-state index in [1.165, 1.54) is 37.4 Å². The molecule has 0 saturated heterocycles. The fourth-order valence-electron chi connectivity index (χ4n) is 2.13. The van der Waals surface area contributed by atoms with Crippen molar-refractivity contribution >= 4 is 11.9 Å². The summed E-state index contributed by atoms with van der Waals surface area (Å²) in [6.07, 6.45) is 0. The highest BCUT2D eigenvalue weighted by atomic mass is 19.1. The number of halogens is 1. The van der Waals surface area contributed by atoms with E-state index in [2.05, 4.69) is 5.32 Å². The van der Waals surface area contributed by atoms with E-state index in [1.807, 2.05) is 0 Å². The summed E-state index contributed by atoms with van der Waals surface area (Å²) in [7, 11) is 1.42. The highest BCUT2D eigenvalue weighted by Crippen LogP contribution is 2.23. The number of nitrogens with one attached hydrogen (secondary N) is 1. The molecule has 0 aliphatic heterocycles. The lowest BCUT2D eigenvalue weighted by Gasteiger charge is -2.14. The molecule has 0 unspecified atom stereocenters. The van der Waals surface area contributed by atoms with E-state index in [0.29, 0.717) is 11.3 Å². The molecule has 2 aromatic carbocycles. The number of benzene rings is 2. The number of rotatable bonds is 6. The zero-order valence-corrected chi connectivity index (χ0v) is 13.8. The first-order valence-corrected chi connectivity index (χ1v) is 7.49. The van der Waals surface area contributed by atoms with Crippen LogP contribution in [-0.2, 0) is 9.53 Å². The molecule has 0 spiro atoms. The molecule has 0 fully saturated rings. The monoisotopic (exact) mass is 347 g/mol. The Bertz CT molecular complexity index is 761. The van der Waals surface area contributed by atoms with Gasteiger partial charge in [0.1, 0.15) is 22.9 Å². The van der Waals surface area contributed by atoms with E-state index in [0.717, 1.165) is 0 Å². The summed E-state index contributed by atoms with van der Waals surface area (Å²) >= 11 is 0. The molecule has 7 heteroatoms. The third-order valence-electron chi connectivity index (χ3n) is 3.51. The predicted molar refractivity (Wildman–Crippen MR) is 87.9 cm³/mol. The molecule has 132 valence electrons. The number of carbonyl (C=O) groups excluding carboxylic acids is 2.